The van der Waals surface area contributed by atoms with Gasteiger partial charge in [0.05, 0.1) is 18.1 Å². The van der Waals surface area contributed by atoms with Gasteiger partial charge in [-0.3, -0.25) is 9.52 Å². The molecular weight excluding hydrogens is 408 g/mol. The molecule has 0 aromatic heterocycles. The quantitative estimate of drug-likeness (QED) is 0.777. The van der Waals surface area contributed by atoms with Crippen LogP contribution in [0.2, 0.25) is 0 Å². The van der Waals surface area contributed by atoms with Gasteiger partial charge >= 0.3 is 0 Å². The average molecular weight is 432 g/mol. The number of fused-ring (bicyclic) bond motifs is 1. The van der Waals surface area contributed by atoms with Crippen LogP contribution in [-0.4, -0.2) is 58.2 Å². The number of benzene rings is 2. The van der Waals surface area contributed by atoms with E-state index in [0.717, 1.165) is 12.0 Å². The molecule has 1 amide bonds. The molecule has 0 saturated carbocycles. The molecule has 9 heteroatoms. The summed E-state index contributed by atoms with van der Waals surface area (Å²) in [5.74, 6) is 0.488. The molecule has 0 aliphatic carbocycles. The molecule has 0 spiro atoms. The summed E-state index contributed by atoms with van der Waals surface area (Å²) in [6.07, 6.45) is 0.123. The Morgan fingerprint density at radius 3 is 2.53 bits per heavy atom. The highest BCUT2D eigenvalue weighted by molar-refractivity contribution is 7.92. The van der Waals surface area contributed by atoms with Gasteiger partial charge in [-0.2, -0.15) is 0 Å². The van der Waals surface area contributed by atoms with E-state index in [1.54, 1.807) is 17.0 Å². The van der Waals surface area contributed by atoms with Crippen LogP contribution in [0, 0.1) is 0 Å². The molecule has 4 rings (SSSR count). The van der Waals surface area contributed by atoms with E-state index in [2.05, 4.69) is 4.72 Å². The van der Waals surface area contributed by atoms with Crippen molar-refractivity contribution in [2.45, 2.75) is 24.3 Å². The van der Waals surface area contributed by atoms with Crippen LogP contribution in [0.5, 0.6) is 11.5 Å². The lowest BCUT2D eigenvalue weighted by molar-refractivity contribution is -0.145. The Morgan fingerprint density at radius 1 is 1.10 bits per heavy atom. The zero-order valence-electron chi connectivity index (χ0n) is 16.7. The Balaban J connectivity index is 1.47. The van der Waals surface area contributed by atoms with E-state index in [9.17, 15) is 13.2 Å². The summed E-state index contributed by atoms with van der Waals surface area (Å²) in [5, 5.41) is 0. The van der Waals surface area contributed by atoms with Crippen molar-refractivity contribution in [2.75, 3.05) is 37.6 Å². The number of hydrogen-bond acceptors (Lipinski definition) is 6. The molecule has 1 atom stereocenters. The fraction of sp³-hybridized carbons (Fsp3) is 0.381. The number of nitrogens with one attached hydrogen (secondary N) is 1. The number of carbonyl (C=O) groups is 1. The monoisotopic (exact) mass is 432 g/mol. The van der Waals surface area contributed by atoms with Gasteiger partial charge in [0, 0.05) is 24.8 Å². The van der Waals surface area contributed by atoms with Crippen molar-refractivity contribution >= 4 is 21.6 Å². The zero-order chi connectivity index (χ0) is 21.1. The number of anilines is 1. The van der Waals surface area contributed by atoms with Crippen molar-refractivity contribution in [1.29, 1.82) is 0 Å². The van der Waals surface area contributed by atoms with Crippen LogP contribution in [0.1, 0.15) is 12.5 Å². The van der Waals surface area contributed by atoms with Gasteiger partial charge in [-0.15, -0.1) is 0 Å². The number of hydrogen-bond donors (Lipinski definition) is 1. The lowest BCUT2D eigenvalue weighted by Crippen LogP contribution is -2.50. The summed E-state index contributed by atoms with van der Waals surface area (Å²) in [7, 11) is -3.79. The van der Waals surface area contributed by atoms with Gasteiger partial charge in [0.25, 0.3) is 15.9 Å². The highest BCUT2D eigenvalue weighted by Crippen LogP contribution is 2.34. The van der Waals surface area contributed by atoms with Gasteiger partial charge in [-0.1, -0.05) is 19.1 Å². The van der Waals surface area contributed by atoms with Crippen molar-refractivity contribution in [3.05, 3.63) is 48.0 Å². The average Bonchev–Trinajstić information content (AvgIpc) is 2.78. The molecule has 2 aromatic carbocycles. The van der Waals surface area contributed by atoms with E-state index in [1.165, 1.54) is 18.2 Å². The van der Waals surface area contributed by atoms with Crippen molar-refractivity contribution in [3.8, 4) is 11.5 Å². The Morgan fingerprint density at radius 2 is 1.83 bits per heavy atom. The predicted molar refractivity (Wildman–Crippen MR) is 110 cm³/mol. The van der Waals surface area contributed by atoms with Gasteiger partial charge in [-0.25, -0.2) is 8.42 Å². The number of nitrogens with zero attached hydrogens (tertiary/aromatic N) is 1. The molecule has 1 saturated heterocycles. The second kappa shape index (κ2) is 8.53. The van der Waals surface area contributed by atoms with Crippen molar-refractivity contribution < 1.29 is 27.4 Å². The maximum Gasteiger partial charge on any atom is 0.267 e. The van der Waals surface area contributed by atoms with E-state index in [4.69, 9.17) is 14.2 Å². The topological polar surface area (TPSA) is 94.2 Å². The Labute approximate surface area is 175 Å². The van der Waals surface area contributed by atoms with Crippen LogP contribution >= 0.6 is 0 Å². The van der Waals surface area contributed by atoms with Crippen LogP contribution in [0.25, 0.3) is 0 Å². The summed E-state index contributed by atoms with van der Waals surface area (Å²) in [6, 6.07) is 11.6. The minimum Gasteiger partial charge on any atom is -0.485 e. The van der Waals surface area contributed by atoms with Crippen LogP contribution < -0.4 is 14.2 Å². The molecule has 30 heavy (non-hydrogen) atoms. The Kier molecular flexibility index (Phi) is 5.83. The lowest BCUT2D eigenvalue weighted by atomic mass is 10.2. The van der Waals surface area contributed by atoms with Crippen LogP contribution in [-0.2, 0) is 26.0 Å². The molecule has 2 aromatic rings. The maximum absolute atomic E-state index is 12.7. The smallest absolute Gasteiger partial charge is 0.267 e. The number of ether oxygens (including phenoxy) is 3. The predicted octanol–water partition coefficient (Wildman–Crippen LogP) is 2.05. The Hall–Kier alpha value is -2.78. The molecule has 8 nitrogen and oxygen atoms in total. The van der Waals surface area contributed by atoms with Gasteiger partial charge in [0.15, 0.2) is 11.5 Å². The van der Waals surface area contributed by atoms with Gasteiger partial charge in [0.1, 0.15) is 6.61 Å². The van der Waals surface area contributed by atoms with Crippen molar-refractivity contribution in [2.24, 2.45) is 0 Å². The number of carbonyl (C=O) groups excluding carboxylic acids is 1. The summed E-state index contributed by atoms with van der Waals surface area (Å²) >= 11 is 0. The van der Waals surface area contributed by atoms with Gasteiger partial charge < -0.3 is 19.1 Å². The highest BCUT2D eigenvalue weighted by Gasteiger charge is 2.32. The first kappa shape index (κ1) is 20.5. The number of aryl methyl sites for hydroxylation is 1. The van der Waals surface area contributed by atoms with E-state index >= 15 is 0 Å². The summed E-state index contributed by atoms with van der Waals surface area (Å²) < 4.78 is 44.8. The standard InChI is InChI=1S/C21H24N2O6S/c1-2-15-3-5-16(6-4-15)22-30(25,26)17-7-8-18-19(13-17)28-14-20(29-18)21(24)23-9-11-27-12-10-23/h3-8,13,20,22H,2,9-12,14H2,1H3/t20-/m0/s1. The second-order valence-electron chi connectivity index (χ2n) is 7.12. The molecule has 1 N–H and O–H groups in total. The SMILES string of the molecule is CCc1ccc(NS(=O)(=O)c2ccc3c(c2)OC[C@@H](C(=O)N2CCOCC2)O3)cc1. The third-order valence-corrected chi connectivity index (χ3v) is 6.48. The highest BCUT2D eigenvalue weighted by atomic mass is 32.2. The molecule has 2 aliphatic rings. The first-order valence-corrected chi connectivity index (χ1v) is 11.4. The normalized spacial score (nSPS) is 18.7. The zero-order valence-corrected chi connectivity index (χ0v) is 17.5. The molecule has 160 valence electrons. The molecule has 2 aliphatic heterocycles. The van der Waals surface area contributed by atoms with E-state index < -0.39 is 16.1 Å². The van der Waals surface area contributed by atoms with Crippen molar-refractivity contribution in [1.82, 2.24) is 4.90 Å². The maximum atomic E-state index is 12.7. The van der Waals surface area contributed by atoms with Gasteiger partial charge in [-0.05, 0) is 36.2 Å². The number of morpholine rings is 1. The van der Waals surface area contributed by atoms with Crippen LogP contribution in [0.4, 0.5) is 5.69 Å². The van der Waals surface area contributed by atoms with Crippen molar-refractivity contribution in [3.63, 3.8) is 0 Å². The van der Waals surface area contributed by atoms with E-state index in [-0.39, 0.29) is 17.4 Å². The first-order chi connectivity index (χ1) is 14.5. The molecular formula is C21H24N2O6S. The minimum absolute atomic E-state index is 0.0264. The van der Waals surface area contributed by atoms with Crippen LogP contribution in [0.3, 0.4) is 0 Å². The number of rotatable bonds is 5. The molecule has 2 heterocycles. The van der Waals surface area contributed by atoms with E-state index in [1.807, 2.05) is 19.1 Å². The molecule has 0 unspecified atom stereocenters. The molecule has 1 fully saturated rings. The minimum atomic E-state index is -3.79. The largest absolute Gasteiger partial charge is 0.485 e. The lowest BCUT2D eigenvalue weighted by Gasteiger charge is -2.32. The third kappa shape index (κ3) is 4.36. The molecule has 0 bridgehead atoms. The van der Waals surface area contributed by atoms with Gasteiger partial charge in [0.2, 0.25) is 6.10 Å². The summed E-state index contributed by atoms with van der Waals surface area (Å²) in [5.41, 5.74) is 1.61. The second-order valence-corrected chi connectivity index (χ2v) is 8.80. The first-order valence-electron chi connectivity index (χ1n) is 9.88. The number of amides is 1. The fourth-order valence-corrected chi connectivity index (χ4v) is 4.42. The fourth-order valence-electron chi connectivity index (χ4n) is 3.35. The number of sulfonamides is 1. The van der Waals surface area contributed by atoms with E-state index in [0.29, 0.717) is 43.5 Å². The van der Waals surface area contributed by atoms with Crippen LogP contribution in [0.15, 0.2) is 47.4 Å². The third-order valence-electron chi connectivity index (χ3n) is 5.10. The summed E-state index contributed by atoms with van der Waals surface area (Å²) in [4.78, 5) is 14.3. The molecule has 0 radical (unpaired) electrons. The summed E-state index contributed by atoms with van der Waals surface area (Å²) in [6.45, 7) is 4.11. The Bertz CT molecular complexity index is 1020.